The number of ketones is 2. The molecule has 2 aliphatic carbocycles. The maximum atomic E-state index is 12.9. The summed E-state index contributed by atoms with van der Waals surface area (Å²) in [6.07, 6.45) is -0.196. The maximum Gasteiger partial charge on any atom is 0.169 e. The Kier molecular flexibility index (Phi) is 5.90. The number of fused-ring (bicyclic) bond motifs is 4. The van der Waals surface area contributed by atoms with Crippen LogP contribution in [0.2, 0.25) is 0 Å². The number of benzene rings is 4. The zero-order chi connectivity index (χ0) is 30.5. The molecule has 0 aliphatic heterocycles. The minimum Gasteiger partial charge on any atom is -0.506 e. The molecule has 4 aromatic carbocycles. The summed E-state index contributed by atoms with van der Waals surface area (Å²) in [5.74, 6) is -2.81. The fraction of sp³-hybridized carbons (Fsp3) is 0.312. The van der Waals surface area contributed by atoms with Gasteiger partial charge in [0.05, 0.1) is 58.4 Å². The fourth-order valence-electron chi connectivity index (χ4n) is 6.65. The number of rotatable bonds is 3. The van der Waals surface area contributed by atoms with Crippen LogP contribution in [0.25, 0.3) is 32.7 Å². The molecule has 4 aromatic rings. The van der Waals surface area contributed by atoms with Crippen LogP contribution >= 0.6 is 0 Å². The molecule has 42 heavy (non-hydrogen) atoms. The molecular weight excluding hydrogens is 544 g/mol. The van der Waals surface area contributed by atoms with E-state index in [1.807, 2.05) is 0 Å². The van der Waals surface area contributed by atoms with Gasteiger partial charge in [-0.25, -0.2) is 0 Å². The molecule has 0 fully saturated rings. The second-order valence-electron chi connectivity index (χ2n) is 11.9. The van der Waals surface area contributed by atoms with E-state index in [2.05, 4.69) is 0 Å². The first kappa shape index (κ1) is 27.6. The first-order valence-corrected chi connectivity index (χ1v) is 13.4. The van der Waals surface area contributed by atoms with Crippen LogP contribution in [0.3, 0.4) is 0 Å². The van der Waals surface area contributed by atoms with Crippen molar-refractivity contribution in [1.82, 2.24) is 0 Å². The Morgan fingerprint density at radius 2 is 0.905 bits per heavy atom. The molecule has 0 aromatic heterocycles. The van der Waals surface area contributed by atoms with Gasteiger partial charge in [-0.15, -0.1) is 0 Å². The number of Topliss-reactive ketones (excluding diaryl/α,β-unsaturated/α-hetero) is 2. The highest BCUT2D eigenvalue weighted by molar-refractivity contribution is 6.14. The number of phenolic OH excluding ortho intramolecular Hbond substituents is 4. The summed E-state index contributed by atoms with van der Waals surface area (Å²) < 4.78 is 11.2. The largest absolute Gasteiger partial charge is 0.506 e. The van der Waals surface area contributed by atoms with Crippen LogP contribution in [-0.2, 0) is 12.8 Å². The van der Waals surface area contributed by atoms with E-state index in [1.54, 1.807) is 12.1 Å². The van der Waals surface area contributed by atoms with Crippen LogP contribution in [0.4, 0.5) is 0 Å². The van der Waals surface area contributed by atoms with Crippen LogP contribution in [-0.4, -0.2) is 67.6 Å². The van der Waals surface area contributed by atoms with E-state index in [9.17, 15) is 40.2 Å². The van der Waals surface area contributed by atoms with E-state index < -0.39 is 45.8 Å². The smallest absolute Gasteiger partial charge is 0.169 e. The van der Waals surface area contributed by atoms with E-state index >= 15 is 0 Å². The van der Waals surface area contributed by atoms with E-state index in [0.717, 1.165) is 0 Å². The van der Waals surface area contributed by atoms with Gasteiger partial charge in [-0.3, -0.25) is 9.59 Å². The average molecular weight is 575 g/mol. The van der Waals surface area contributed by atoms with Crippen molar-refractivity contribution in [3.8, 4) is 45.6 Å². The molecule has 10 heteroatoms. The van der Waals surface area contributed by atoms with Gasteiger partial charge in [-0.2, -0.15) is 0 Å². The van der Waals surface area contributed by atoms with Gasteiger partial charge in [-0.1, -0.05) is 0 Å². The molecule has 0 amide bonds. The lowest BCUT2D eigenvalue weighted by Crippen LogP contribution is -2.35. The van der Waals surface area contributed by atoms with Crippen molar-refractivity contribution in [3.05, 3.63) is 46.5 Å². The van der Waals surface area contributed by atoms with Crippen molar-refractivity contribution < 1.29 is 49.7 Å². The number of aliphatic hydroxyl groups is 2. The van der Waals surface area contributed by atoms with Crippen molar-refractivity contribution in [3.63, 3.8) is 0 Å². The van der Waals surface area contributed by atoms with Gasteiger partial charge >= 0.3 is 0 Å². The Hall–Kier alpha value is -4.54. The number of hydrogen-bond acceptors (Lipinski definition) is 10. The number of carbonyl (C=O) groups excluding carboxylic acids is 2. The number of methoxy groups -OCH3 is 2. The molecule has 6 rings (SSSR count). The SMILES string of the molecule is COc1cc2cc3c(c(O)c2c(O)c1-c1c(OC)cc2cc4c(c(O)c2c1O)C(=O)C[C@](C)(O)C4)C(=O)C[C@](C)(O)C3. The molecule has 2 atom stereocenters. The van der Waals surface area contributed by atoms with E-state index in [0.29, 0.717) is 21.9 Å². The fourth-order valence-corrected chi connectivity index (χ4v) is 6.65. The third-order valence-electron chi connectivity index (χ3n) is 8.31. The lowest BCUT2D eigenvalue weighted by molar-refractivity contribution is 0.0396. The molecule has 10 nitrogen and oxygen atoms in total. The third kappa shape index (κ3) is 3.93. The molecule has 0 bridgehead atoms. The van der Waals surface area contributed by atoms with Gasteiger partial charge in [0.15, 0.2) is 11.6 Å². The average Bonchev–Trinajstić information content (AvgIpc) is 2.86. The van der Waals surface area contributed by atoms with Crippen LogP contribution < -0.4 is 9.47 Å². The number of aromatic hydroxyl groups is 4. The molecule has 0 spiro atoms. The Balaban J connectivity index is 1.68. The summed E-state index contributed by atoms with van der Waals surface area (Å²) in [6, 6.07) is 6.22. The van der Waals surface area contributed by atoms with Crippen LogP contribution in [0.5, 0.6) is 34.5 Å². The zero-order valence-corrected chi connectivity index (χ0v) is 23.5. The molecule has 0 saturated heterocycles. The van der Waals surface area contributed by atoms with Gasteiger partial charge in [0, 0.05) is 25.7 Å². The van der Waals surface area contributed by atoms with Gasteiger partial charge < -0.3 is 40.1 Å². The van der Waals surface area contributed by atoms with E-state index in [-0.39, 0.29) is 70.2 Å². The minimum absolute atomic E-state index is 0.00573. The first-order valence-electron chi connectivity index (χ1n) is 13.4. The summed E-state index contributed by atoms with van der Waals surface area (Å²) in [7, 11) is 2.69. The maximum absolute atomic E-state index is 12.9. The summed E-state index contributed by atoms with van der Waals surface area (Å²) >= 11 is 0. The Bertz CT molecular complexity index is 1750. The highest BCUT2D eigenvalue weighted by Gasteiger charge is 2.38. The van der Waals surface area contributed by atoms with Gasteiger partial charge in [0.25, 0.3) is 0 Å². The number of carbonyl (C=O) groups is 2. The van der Waals surface area contributed by atoms with Crippen LogP contribution in [0.1, 0.15) is 58.5 Å². The normalized spacial score (nSPS) is 21.9. The molecular formula is C32H30O10. The summed E-state index contributed by atoms with van der Waals surface area (Å²) in [5.41, 5.74) is -1.93. The Morgan fingerprint density at radius 1 is 0.571 bits per heavy atom. The lowest BCUT2D eigenvalue weighted by Gasteiger charge is -2.30. The second-order valence-corrected chi connectivity index (χ2v) is 11.9. The zero-order valence-electron chi connectivity index (χ0n) is 23.5. The minimum atomic E-state index is -1.29. The third-order valence-corrected chi connectivity index (χ3v) is 8.31. The predicted molar refractivity (Wildman–Crippen MR) is 153 cm³/mol. The van der Waals surface area contributed by atoms with E-state index in [4.69, 9.17) is 9.47 Å². The van der Waals surface area contributed by atoms with Crippen LogP contribution in [0, 0.1) is 0 Å². The van der Waals surface area contributed by atoms with Gasteiger partial charge in [0.2, 0.25) is 0 Å². The highest BCUT2D eigenvalue weighted by atomic mass is 16.5. The number of hydrogen-bond donors (Lipinski definition) is 6. The Labute approximate surface area is 240 Å². The lowest BCUT2D eigenvalue weighted by atomic mass is 9.78. The molecule has 2 aliphatic rings. The number of ether oxygens (including phenoxy) is 2. The first-order chi connectivity index (χ1) is 19.7. The molecule has 0 heterocycles. The monoisotopic (exact) mass is 574 g/mol. The van der Waals surface area contributed by atoms with Crippen molar-refractivity contribution in [2.75, 3.05) is 14.2 Å². The van der Waals surface area contributed by atoms with Crippen LogP contribution in [0.15, 0.2) is 24.3 Å². The topological polar surface area (TPSA) is 174 Å². The Morgan fingerprint density at radius 3 is 1.24 bits per heavy atom. The molecule has 218 valence electrons. The molecule has 0 saturated carbocycles. The summed E-state index contributed by atoms with van der Waals surface area (Å²) in [4.78, 5) is 25.8. The standard InChI is InChI=1S/C32H30O10/c1-31(39)9-15-5-13-7-19(41-3)25(29(37)23(13)27(35)21(15)17(33)11-31)26-20(42-4)8-14-6-16-10-32(2,40)12-18(34)22(16)28(36)24(14)30(26)38/h5-8,35-40H,9-12H2,1-4H3/t31-,32-/m1/s1. The second kappa shape index (κ2) is 8.98. The summed E-state index contributed by atoms with van der Waals surface area (Å²) in [6.45, 7) is 3.07. The van der Waals surface area contributed by atoms with Crippen molar-refractivity contribution in [1.29, 1.82) is 0 Å². The number of phenols is 4. The van der Waals surface area contributed by atoms with E-state index in [1.165, 1.54) is 40.2 Å². The van der Waals surface area contributed by atoms with Gasteiger partial charge in [-0.05, 0) is 60.0 Å². The van der Waals surface area contributed by atoms with Crippen molar-refractivity contribution in [2.45, 2.75) is 50.7 Å². The molecule has 0 radical (unpaired) electrons. The van der Waals surface area contributed by atoms with Crippen molar-refractivity contribution in [2.24, 2.45) is 0 Å². The van der Waals surface area contributed by atoms with Gasteiger partial charge in [0.1, 0.15) is 34.5 Å². The predicted octanol–water partition coefficient (Wildman–Crippen LogP) is 4.26. The highest BCUT2D eigenvalue weighted by Crippen LogP contribution is 2.56. The molecule has 0 unspecified atom stereocenters. The van der Waals surface area contributed by atoms with Crippen molar-refractivity contribution >= 4 is 33.1 Å². The summed E-state index contributed by atoms with van der Waals surface area (Å²) in [5, 5.41) is 67.4. The molecule has 6 N–H and O–H groups in total. The quantitative estimate of drug-likeness (QED) is 0.207.